The molecular weight excluding hydrogens is 290 g/mol. The predicted octanol–water partition coefficient (Wildman–Crippen LogP) is 2.82. The number of piperidine rings is 1. The summed E-state index contributed by atoms with van der Waals surface area (Å²) in [6.45, 7) is 12.5. The van der Waals surface area contributed by atoms with Gasteiger partial charge in [-0.3, -0.25) is 4.99 Å². The fourth-order valence-corrected chi connectivity index (χ4v) is 2.67. The monoisotopic (exact) mass is 321 g/mol. The highest BCUT2D eigenvalue weighted by atomic mass is 16.5. The molecule has 130 valence electrons. The van der Waals surface area contributed by atoms with Crippen LogP contribution in [0.4, 0.5) is 0 Å². The SMILES string of the molecule is CCNC(=NCCCc1nc(C(C)C)no1)N1CCC(C)CC1. The number of aromatic nitrogens is 2. The Labute approximate surface area is 139 Å². The second-order valence-corrected chi connectivity index (χ2v) is 6.71. The number of guanidine groups is 1. The van der Waals surface area contributed by atoms with Crippen molar-refractivity contribution in [2.45, 2.75) is 59.3 Å². The molecule has 0 unspecified atom stereocenters. The molecule has 1 N–H and O–H groups in total. The number of hydrogen-bond acceptors (Lipinski definition) is 4. The van der Waals surface area contributed by atoms with E-state index >= 15 is 0 Å². The first-order valence-corrected chi connectivity index (χ1v) is 8.95. The van der Waals surface area contributed by atoms with Crippen molar-refractivity contribution >= 4 is 5.96 Å². The first kappa shape index (κ1) is 17.8. The summed E-state index contributed by atoms with van der Waals surface area (Å²) in [5, 5.41) is 7.41. The molecule has 23 heavy (non-hydrogen) atoms. The molecule has 1 saturated heterocycles. The van der Waals surface area contributed by atoms with Gasteiger partial charge in [0.05, 0.1) is 0 Å². The zero-order valence-corrected chi connectivity index (χ0v) is 15.0. The van der Waals surface area contributed by atoms with Crippen LogP contribution in [-0.2, 0) is 6.42 Å². The number of nitrogens with one attached hydrogen (secondary N) is 1. The topological polar surface area (TPSA) is 66.5 Å². The minimum absolute atomic E-state index is 0.312. The van der Waals surface area contributed by atoms with Crippen molar-refractivity contribution in [1.29, 1.82) is 0 Å². The van der Waals surface area contributed by atoms with Gasteiger partial charge < -0.3 is 14.7 Å². The molecule has 0 bridgehead atoms. The van der Waals surface area contributed by atoms with E-state index in [0.717, 1.165) is 62.6 Å². The summed E-state index contributed by atoms with van der Waals surface area (Å²) in [4.78, 5) is 11.6. The second kappa shape index (κ2) is 8.89. The van der Waals surface area contributed by atoms with Crippen LogP contribution in [0.5, 0.6) is 0 Å². The Morgan fingerprint density at radius 3 is 2.74 bits per heavy atom. The smallest absolute Gasteiger partial charge is 0.226 e. The third kappa shape index (κ3) is 5.52. The van der Waals surface area contributed by atoms with Crippen molar-refractivity contribution in [3.8, 4) is 0 Å². The number of aliphatic imine (C=N–C) groups is 1. The summed E-state index contributed by atoms with van der Waals surface area (Å²) in [5.74, 6) is 3.71. The molecule has 0 spiro atoms. The van der Waals surface area contributed by atoms with Crippen molar-refractivity contribution < 1.29 is 4.52 Å². The molecule has 1 fully saturated rings. The van der Waals surface area contributed by atoms with Crippen LogP contribution in [0.2, 0.25) is 0 Å². The van der Waals surface area contributed by atoms with Crippen LogP contribution in [0.3, 0.4) is 0 Å². The Bertz CT molecular complexity index is 489. The molecule has 0 radical (unpaired) electrons. The van der Waals surface area contributed by atoms with Gasteiger partial charge in [0, 0.05) is 38.5 Å². The molecule has 0 amide bonds. The summed E-state index contributed by atoms with van der Waals surface area (Å²) < 4.78 is 5.27. The van der Waals surface area contributed by atoms with E-state index in [0.29, 0.717) is 5.92 Å². The third-order valence-electron chi connectivity index (χ3n) is 4.23. The Morgan fingerprint density at radius 2 is 2.13 bits per heavy atom. The van der Waals surface area contributed by atoms with Crippen LogP contribution in [0, 0.1) is 5.92 Å². The molecule has 0 aliphatic carbocycles. The van der Waals surface area contributed by atoms with Gasteiger partial charge in [-0.15, -0.1) is 0 Å². The van der Waals surface area contributed by atoms with Gasteiger partial charge in [0.15, 0.2) is 11.8 Å². The highest BCUT2D eigenvalue weighted by Crippen LogP contribution is 2.16. The fourth-order valence-electron chi connectivity index (χ4n) is 2.67. The maximum absolute atomic E-state index is 5.27. The molecule has 6 nitrogen and oxygen atoms in total. The van der Waals surface area contributed by atoms with E-state index in [9.17, 15) is 0 Å². The van der Waals surface area contributed by atoms with Gasteiger partial charge in [-0.05, 0) is 32.1 Å². The van der Waals surface area contributed by atoms with Crippen molar-refractivity contribution in [2.24, 2.45) is 10.9 Å². The van der Waals surface area contributed by atoms with E-state index in [4.69, 9.17) is 9.52 Å². The molecule has 0 atom stereocenters. The summed E-state index contributed by atoms with van der Waals surface area (Å²) in [6.07, 6.45) is 4.23. The Morgan fingerprint density at radius 1 is 1.39 bits per heavy atom. The molecule has 2 heterocycles. The summed E-state index contributed by atoms with van der Waals surface area (Å²) in [6, 6.07) is 0. The molecule has 0 saturated carbocycles. The van der Waals surface area contributed by atoms with E-state index in [1.165, 1.54) is 12.8 Å². The van der Waals surface area contributed by atoms with Crippen molar-refractivity contribution in [2.75, 3.05) is 26.2 Å². The lowest BCUT2D eigenvalue weighted by atomic mass is 10.00. The highest BCUT2D eigenvalue weighted by Gasteiger charge is 2.18. The first-order valence-electron chi connectivity index (χ1n) is 8.95. The number of hydrogen-bond donors (Lipinski definition) is 1. The van der Waals surface area contributed by atoms with E-state index in [-0.39, 0.29) is 0 Å². The quantitative estimate of drug-likeness (QED) is 0.496. The third-order valence-corrected chi connectivity index (χ3v) is 4.23. The standard InChI is InChI=1S/C17H31N5O/c1-5-18-17(22-11-8-14(4)9-12-22)19-10-6-7-15-20-16(13(2)3)21-23-15/h13-14H,5-12H2,1-4H3,(H,18,19). The van der Waals surface area contributed by atoms with Crippen molar-refractivity contribution in [3.05, 3.63) is 11.7 Å². The number of likely N-dealkylation sites (tertiary alicyclic amines) is 1. The van der Waals surface area contributed by atoms with Gasteiger partial charge in [0.25, 0.3) is 0 Å². The normalized spacial score (nSPS) is 17.1. The molecule has 1 aliphatic heterocycles. The van der Waals surface area contributed by atoms with Crippen LogP contribution in [-0.4, -0.2) is 47.2 Å². The first-order chi connectivity index (χ1) is 11.1. The zero-order valence-electron chi connectivity index (χ0n) is 15.0. The van der Waals surface area contributed by atoms with E-state index in [1.54, 1.807) is 0 Å². The van der Waals surface area contributed by atoms with Gasteiger partial charge in [-0.2, -0.15) is 4.98 Å². The van der Waals surface area contributed by atoms with Gasteiger partial charge in [-0.25, -0.2) is 0 Å². The summed E-state index contributed by atoms with van der Waals surface area (Å²) >= 11 is 0. The van der Waals surface area contributed by atoms with Crippen LogP contribution >= 0.6 is 0 Å². The maximum Gasteiger partial charge on any atom is 0.226 e. The van der Waals surface area contributed by atoms with Gasteiger partial charge in [0.2, 0.25) is 5.89 Å². The average Bonchev–Trinajstić information content (AvgIpc) is 3.00. The Balaban J connectivity index is 1.80. The average molecular weight is 321 g/mol. The molecule has 1 aromatic rings. The van der Waals surface area contributed by atoms with Crippen LogP contribution in [0.15, 0.2) is 9.52 Å². The van der Waals surface area contributed by atoms with Crippen LogP contribution in [0.25, 0.3) is 0 Å². The van der Waals surface area contributed by atoms with Gasteiger partial charge in [-0.1, -0.05) is 25.9 Å². The molecule has 1 aliphatic rings. The van der Waals surface area contributed by atoms with E-state index in [1.807, 2.05) is 0 Å². The van der Waals surface area contributed by atoms with Crippen molar-refractivity contribution in [1.82, 2.24) is 20.4 Å². The molecule has 0 aromatic carbocycles. The number of rotatable bonds is 6. The largest absolute Gasteiger partial charge is 0.357 e. The lowest BCUT2D eigenvalue weighted by Gasteiger charge is -2.33. The Hall–Kier alpha value is -1.59. The molecular formula is C17H31N5O. The minimum Gasteiger partial charge on any atom is -0.357 e. The minimum atomic E-state index is 0.312. The van der Waals surface area contributed by atoms with E-state index in [2.05, 4.69) is 48.1 Å². The number of nitrogens with zero attached hydrogens (tertiary/aromatic N) is 4. The maximum atomic E-state index is 5.27. The molecule has 1 aromatic heterocycles. The highest BCUT2D eigenvalue weighted by molar-refractivity contribution is 5.80. The van der Waals surface area contributed by atoms with Gasteiger partial charge in [0.1, 0.15) is 0 Å². The fraction of sp³-hybridized carbons (Fsp3) is 0.824. The van der Waals surface area contributed by atoms with Gasteiger partial charge >= 0.3 is 0 Å². The van der Waals surface area contributed by atoms with Crippen molar-refractivity contribution in [3.63, 3.8) is 0 Å². The van der Waals surface area contributed by atoms with Crippen LogP contribution < -0.4 is 5.32 Å². The zero-order chi connectivity index (χ0) is 16.7. The molecule has 2 rings (SSSR count). The number of aryl methyl sites for hydroxylation is 1. The lowest BCUT2D eigenvalue weighted by Crippen LogP contribution is -2.45. The second-order valence-electron chi connectivity index (χ2n) is 6.71. The summed E-state index contributed by atoms with van der Waals surface area (Å²) in [7, 11) is 0. The van der Waals surface area contributed by atoms with Crippen LogP contribution in [0.1, 0.15) is 64.6 Å². The Kier molecular flexibility index (Phi) is 6.86. The predicted molar refractivity (Wildman–Crippen MR) is 92.7 cm³/mol. The molecule has 6 heteroatoms. The van der Waals surface area contributed by atoms with E-state index < -0.39 is 0 Å². The lowest BCUT2D eigenvalue weighted by molar-refractivity contribution is 0.273. The summed E-state index contributed by atoms with van der Waals surface area (Å²) in [5.41, 5.74) is 0.